The van der Waals surface area contributed by atoms with Crippen LogP contribution in [0.3, 0.4) is 0 Å². The molecule has 2 aromatic heterocycles. The van der Waals surface area contributed by atoms with Crippen molar-refractivity contribution >= 4 is 17.6 Å². The lowest BCUT2D eigenvalue weighted by molar-refractivity contribution is 0.766. The summed E-state index contributed by atoms with van der Waals surface area (Å²) in [4.78, 5) is 9.49. The smallest absolute Gasteiger partial charge is 0.145 e. The van der Waals surface area contributed by atoms with Crippen LogP contribution in [-0.2, 0) is 7.05 Å². The minimum Gasteiger partial charge on any atom is -0.372 e. The van der Waals surface area contributed by atoms with Gasteiger partial charge in [-0.3, -0.25) is 9.67 Å². The topological polar surface area (TPSA) is 55.6 Å². The highest BCUT2D eigenvalue weighted by Crippen LogP contribution is 2.25. The van der Waals surface area contributed by atoms with Crippen LogP contribution in [0.1, 0.15) is 0 Å². The second-order valence-electron chi connectivity index (χ2n) is 2.94. The molecule has 6 heteroatoms. The van der Waals surface area contributed by atoms with Gasteiger partial charge in [0.05, 0.1) is 23.5 Å². The molecule has 0 aliphatic carbocycles. The standard InChI is InChI=1S/C9H11N5S/c1-10-8-4-11-5-9(13-8)15-7-3-12-14(2)6-7/h3-6H,1-2H3,(H,10,13). The third-order valence-corrected chi connectivity index (χ3v) is 2.62. The summed E-state index contributed by atoms with van der Waals surface area (Å²) in [5.41, 5.74) is 0. The SMILES string of the molecule is CNc1cncc(Sc2cnn(C)c2)n1. The van der Waals surface area contributed by atoms with Gasteiger partial charge in [0.1, 0.15) is 10.8 Å². The predicted molar refractivity (Wildman–Crippen MR) is 58.9 cm³/mol. The highest BCUT2D eigenvalue weighted by Gasteiger charge is 2.02. The Morgan fingerprint density at radius 3 is 2.87 bits per heavy atom. The molecule has 0 spiro atoms. The summed E-state index contributed by atoms with van der Waals surface area (Å²) in [5.74, 6) is 0.767. The number of hydrogen-bond acceptors (Lipinski definition) is 5. The Balaban J connectivity index is 2.16. The Labute approximate surface area is 91.9 Å². The molecule has 0 fully saturated rings. The molecule has 0 saturated carbocycles. The van der Waals surface area contributed by atoms with Crippen LogP contribution in [0.25, 0.3) is 0 Å². The molecule has 78 valence electrons. The van der Waals surface area contributed by atoms with Crippen molar-refractivity contribution in [3.8, 4) is 0 Å². The van der Waals surface area contributed by atoms with Crippen molar-refractivity contribution in [2.75, 3.05) is 12.4 Å². The average molecular weight is 221 g/mol. The normalized spacial score (nSPS) is 10.3. The first-order chi connectivity index (χ1) is 7.28. The number of nitrogens with one attached hydrogen (secondary N) is 1. The van der Waals surface area contributed by atoms with E-state index < -0.39 is 0 Å². The van der Waals surface area contributed by atoms with Crippen LogP contribution in [0.2, 0.25) is 0 Å². The molecule has 0 aliphatic heterocycles. The van der Waals surface area contributed by atoms with Crippen LogP contribution in [0.5, 0.6) is 0 Å². The Morgan fingerprint density at radius 1 is 1.33 bits per heavy atom. The molecular formula is C9H11N5S. The summed E-state index contributed by atoms with van der Waals surface area (Å²) in [6.07, 6.45) is 7.17. The van der Waals surface area contributed by atoms with Gasteiger partial charge < -0.3 is 5.32 Å². The fourth-order valence-electron chi connectivity index (χ4n) is 1.09. The first kappa shape index (κ1) is 9.97. The van der Waals surface area contributed by atoms with E-state index in [-0.39, 0.29) is 0 Å². The van der Waals surface area contributed by atoms with Crippen molar-refractivity contribution in [2.45, 2.75) is 9.92 Å². The van der Waals surface area contributed by atoms with Crippen molar-refractivity contribution in [3.05, 3.63) is 24.8 Å². The maximum atomic E-state index is 4.35. The first-order valence-corrected chi connectivity index (χ1v) is 5.26. The fourth-order valence-corrected chi connectivity index (χ4v) is 1.89. The Morgan fingerprint density at radius 2 is 2.20 bits per heavy atom. The quantitative estimate of drug-likeness (QED) is 0.849. The molecule has 15 heavy (non-hydrogen) atoms. The van der Waals surface area contributed by atoms with Gasteiger partial charge in [-0.25, -0.2) is 4.98 Å². The van der Waals surface area contributed by atoms with Crippen LogP contribution in [0, 0.1) is 0 Å². The minimum absolute atomic E-state index is 0.767. The van der Waals surface area contributed by atoms with E-state index in [0.29, 0.717) is 0 Å². The van der Waals surface area contributed by atoms with Gasteiger partial charge in [-0.1, -0.05) is 11.8 Å². The van der Waals surface area contributed by atoms with Crippen LogP contribution >= 0.6 is 11.8 Å². The molecule has 2 rings (SSSR count). The Hall–Kier alpha value is -1.56. The highest BCUT2D eigenvalue weighted by molar-refractivity contribution is 7.99. The largest absolute Gasteiger partial charge is 0.372 e. The molecule has 0 aliphatic rings. The summed E-state index contributed by atoms with van der Waals surface area (Å²) in [7, 11) is 3.71. The van der Waals surface area contributed by atoms with Crippen LogP contribution in [0.4, 0.5) is 5.82 Å². The van der Waals surface area contributed by atoms with Gasteiger partial charge in [-0.15, -0.1) is 0 Å². The molecule has 0 amide bonds. The Bertz CT molecular complexity index is 453. The highest BCUT2D eigenvalue weighted by atomic mass is 32.2. The van der Waals surface area contributed by atoms with Gasteiger partial charge in [-0.05, 0) is 0 Å². The lowest BCUT2D eigenvalue weighted by Gasteiger charge is -2.00. The lowest BCUT2D eigenvalue weighted by atomic mass is 10.7. The van der Waals surface area contributed by atoms with E-state index in [0.717, 1.165) is 15.7 Å². The average Bonchev–Trinajstić information content (AvgIpc) is 2.64. The zero-order valence-electron chi connectivity index (χ0n) is 8.51. The van der Waals surface area contributed by atoms with E-state index in [1.54, 1.807) is 35.0 Å². The van der Waals surface area contributed by atoms with E-state index in [4.69, 9.17) is 0 Å². The molecular weight excluding hydrogens is 210 g/mol. The molecule has 5 nitrogen and oxygen atoms in total. The van der Waals surface area contributed by atoms with Crippen LogP contribution in [-0.4, -0.2) is 26.8 Å². The van der Waals surface area contributed by atoms with Gasteiger partial charge in [0.15, 0.2) is 0 Å². The van der Waals surface area contributed by atoms with Crippen molar-refractivity contribution < 1.29 is 0 Å². The third kappa shape index (κ3) is 2.47. The monoisotopic (exact) mass is 221 g/mol. The fraction of sp³-hybridized carbons (Fsp3) is 0.222. The molecule has 0 aromatic carbocycles. The van der Waals surface area contributed by atoms with E-state index in [1.165, 1.54) is 0 Å². The number of rotatable bonds is 3. The van der Waals surface area contributed by atoms with E-state index in [9.17, 15) is 0 Å². The van der Waals surface area contributed by atoms with Gasteiger partial charge in [0.2, 0.25) is 0 Å². The van der Waals surface area contributed by atoms with Crippen molar-refractivity contribution in [1.29, 1.82) is 0 Å². The molecule has 0 atom stereocenters. The zero-order chi connectivity index (χ0) is 10.7. The number of anilines is 1. The van der Waals surface area contributed by atoms with E-state index in [2.05, 4.69) is 20.4 Å². The summed E-state index contributed by atoms with van der Waals surface area (Å²) in [6, 6.07) is 0. The first-order valence-electron chi connectivity index (χ1n) is 4.44. The van der Waals surface area contributed by atoms with Gasteiger partial charge in [0, 0.05) is 20.3 Å². The lowest BCUT2D eigenvalue weighted by Crippen LogP contribution is -1.93. The van der Waals surface area contributed by atoms with Gasteiger partial charge in [0.25, 0.3) is 0 Å². The van der Waals surface area contributed by atoms with E-state index >= 15 is 0 Å². The molecule has 2 aromatic rings. The van der Waals surface area contributed by atoms with Gasteiger partial charge >= 0.3 is 0 Å². The number of nitrogens with zero attached hydrogens (tertiary/aromatic N) is 4. The van der Waals surface area contributed by atoms with Gasteiger partial charge in [-0.2, -0.15) is 5.10 Å². The summed E-state index contributed by atoms with van der Waals surface area (Å²) in [5, 5.41) is 7.89. The zero-order valence-corrected chi connectivity index (χ0v) is 9.32. The maximum absolute atomic E-state index is 4.35. The number of hydrogen-bond donors (Lipinski definition) is 1. The predicted octanol–water partition coefficient (Wildman–Crippen LogP) is 1.40. The molecule has 2 heterocycles. The van der Waals surface area contributed by atoms with E-state index in [1.807, 2.05) is 20.3 Å². The Kier molecular flexibility index (Phi) is 2.86. The minimum atomic E-state index is 0.767. The number of aryl methyl sites for hydroxylation is 1. The molecule has 0 saturated heterocycles. The summed E-state index contributed by atoms with van der Waals surface area (Å²) >= 11 is 1.54. The summed E-state index contributed by atoms with van der Waals surface area (Å²) < 4.78 is 1.76. The van der Waals surface area contributed by atoms with Crippen molar-refractivity contribution in [3.63, 3.8) is 0 Å². The molecule has 1 N–H and O–H groups in total. The molecule has 0 bridgehead atoms. The van der Waals surface area contributed by atoms with Crippen LogP contribution in [0.15, 0.2) is 34.7 Å². The molecule has 0 unspecified atom stereocenters. The second-order valence-corrected chi connectivity index (χ2v) is 4.04. The number of aromatic nitrogens is 4. The molecule has 0 radical (unpaired) electrons. The van der Waals surface area contributed by atoms with Crippen molar-refractivity contribution in [1.82, 2.24) is 19.7 Å². The second kappa shape index (κ2) is 4.31. The van der Waals surface area contributed by atoms with Crippen molar-refractivity contribution in [2.24, 2.45) is 7.05 Å². The van der Waals surface area contributed by atoms with Crippen LogP contribution < -0.4 is 5.32 Å². The maximum Gasteiger partial charge on any atom is 0.145 e. The third-order valence-electron chi connectivity index (χ3n) is 1.77. The summed E-state index contributed by atoms with van der Waals surface area (Å²) in [6.45, 7) is 0.